The Morgan fingerprint density at radius 2 is 1.95 bits per heavy atom. The number of hydrogen-bond donors (Lipinski definition) is 2. The van der Waals surface area contributed by atoms with Crippen LogP contribution in [0.15, 0.2) is 40.0 Å². The third-order valence-corrected chi connectivity index (χ3v) is 14.4. The van der Waals surface area contributed by atoms with Crippen LogP contribution in [0.3, 0.4) is 0 Å². The third-order valence-electron chi connectivity index (χ3n) is 7.50. The van der Waals surface area contributed by atoms with Crippen LogP contribution < -0.4 is 20.1 Å². The molecule has 14 heteroatoms. The summed E-state index contributed by atoms with van der Waals surface area (Å²) in [5.41, 5.74) is 4.56. The summed E-state index contributed by atoms with van der Waals surface area (Å²) >= 11 is -0.984. The molecule has 1 atom stereocenters. The number of alkyl halides is 3. The number of nitrogens with two attached hydrogens (primary N) is 1. The van der Waals surface area contributed by atoms with Gasteiger partial charge in [0.25, 0.3) is 0 Å². The number of anilines is 1. The fraction of sp³-hybridized carbons (Fsp3) is 0.571. The van der Waals surface area contributed by atoms with Crippen molar-refractivity contribution in [2.75, 3.05) is 25.1 Å². The van der Waals surface area contributed by atoms with Gasteiger partial charge in [0.05, 0.1) is 0 Å². The zero-order chi connectivity index (χ0) is 31.7. The van der Waals surface area contributed by atoms with Gasteiger partial charge >= 0.3 is 227 Å². The van der Waals surface area contributed by atoms with Crippen LogP contribution in [0, 0.1) is 5.41 Å². The first-order chi connectivity index (χ1) is 19.3. The first kappa shape index (κ1) is 33.8. The van der Waals surface area contributed by atoms with Crippen LogP contribution in [0.25, 0.3) is 5.82 Å². The minimum atomic E-state index is -4.42. The van der Waals surface area contributed by atoms with Gasteiger partial charge in [0.15, 0.2) is 0 Å². The fourth-order valence-corrected chi connectivity index (χ4v) is 8.97. The summed E-state index contributed by atoms with van der Waals surface area (Å²) in [5, 5.41) is 4.31. The van der Waals surface area contributed by atoms with Gasteiger partial charge in [-0.1, -0.05) is 0 Å². The van der Waals surface area contributed by atoms with Crippen LogP contribution in [-0.4, -0.2) is 72.1 Å². The molecule has 232 valence electrons. The number of ether oxygens (including phenoxy) is 1. The zero-order valence-electron chi connectivity index (χ0n) is 25.8. The van der Waals surface area contributed by atoms with E-state index in [2.05, 4.69) is 50.8 Å². The summed E-state index contributed by atoms with van der Waals surface area (Å²) < 4.78 is 50.1. The molecule has 2 aromatic heterocycles. The van der Waals surface area contributed by atoms with Gasteiger partial charge in [-0.25, -0.2) is 0 Å². The molecule has 2 aromatic rings. The van der Waals surface area contributed by atoms with Gasteiger partial charge < -0.3 is 0 Å². The number of carbonyl (C=O) groups excluding carboxylic acids is 1. The van der Waals surface area contributed by atoms with Crippen LogP contribution >= 0.6 is 11.9 Å². The van der Waals surface area contributed by atoms with E-state index in [1.165, 1.54) is 10.7 Å². The van der Waals surface area contributed by atoms with Gasteiger partial charge in [-0.3, -0.25) is 0 Å². The van der Waals surface area contributed by atoms with E-state index in [9.17, 15) is 18.0 Å². The molecule has 1 unspecified atom stereocenters. The topological polar surface area (TPSA) is 111 Å². The maximum atomic E-state index is 13.5. The SMILES string of the molecule is CN=C/C(SNC(=O)c1ccc(-n2ccc(OCC(C)(C)C(F)(F)F)n2)nc1N1C[CH]([Ge]([CH3])([CH3])[CH3])CC1(C)C)=C(/C)N. The molecule has 1 aliphatic heterocycles. The molecule has 0 bridgehead atoms. The van der Waals surface area contributed by atoms with E-state index < -0.39 is 31.5 Å². The van der Waals surface area contributed by atoms with Crippen LogP contribution in [0.2, 0.25) is 22.0 Å². The van der Waals surface area contributed by atoms with Crippen LogP contribution in [0.5, 0.6) is 5.88 Å². The average Bonchev–Trinajstić information content (AvgIpc) is 3.47. The van der Waals surface area contributed by atoms with E-state index >= 15 is 0 Å². The molecule has 0 radical (unpaired) electrons. The van der Waals surface area contributed by atoms with Crippen molar-refractivity contribution in [1.82, 2.24) is 19.5 Å². The van der Waals surface area contributed by atoms with Gasteiger partial charge in [0, 0.05) is 0 Å². The Morgan fingerprint density at radius 1 is 1.29 bits per heavy atom. The van der Waals surface area contributed by atoms with Crippen molar-refractivity contribution >= 4 is 43.2 Å². The second-order valence-electron chi connectivity index (χ2n) is 13.0. The molecule has 1 saturated heterocycles. The summed E-state index contributed by atoms with van der Waals surface area (Å²) in [7, 11) is 1.63. The van der Waals surface area contributed by atoms with Crippen molar-refractivity contribution < 1.29 is 22.7 Å². The Hall–Kier alpha value is -2.68. The number of amides is 1. The number of rotatable bonds is 10. The fourth-order valence-electron chi connectivity index (χ4n) is 4.48. The zero-order valence-corrected chi connectivity index (χ0v) is 28.7. The molecule has 1 amide bonds. The Morgan fingerprint density at radius 3 is 2.50 bits per heavy atom. The molecule has 0 aromatic carbocycles. The first-order valence-electron chi connectivity index (χ1n) is 13.7. The van der Waals surface area contributed by atoms with Crippen LogP contribution in [0.4, 0.5) is 19.0 Å². The summed E-state index contributed by atoms with van der Waals surface area (Å²) in [6.45, 7) is 8.40. The van der Waals surface area contributed by atoms with E-state index in [1.807, 2.05) is 0 Å². The normalized spacial score (nSPS) is 18.4. The molecule has 3 rings (SSSR count). The molecule has 9 nitrogen and oxygen atoms in total. The second-order valence-corrected chi connectivity index (χ2v) is 25.5. The molecule has 3 heterocycles. The number of aliphatic imine (C=N–C) groups is 1. The standard InChI is InChI=1S/C28H42F3GeN7O2S/c1-18(33)21(15-34-9)42-37-25(40)20-10-11-22(35-24(20)38-16-19(32(6,7)8)14-27(38,4)5)39-13-12-23(36-39)41-17-26(2,3)28(29,30)31/h10-13,15,19H,14,16-17,33H2,1-9H3,(H,37,40)/b21-18+,34-15?. The number of halogens is 3. The number of aromatic nitrogens is 3. The van der Waals surface area contributed by atoms with Crippen molar-refractivity contribution in [2.24, 2.45) is 16.1 Å². The van der Waals surface area contributed by atoms with Crippen molar-refractivity contribution in [3.8, 4) is 11.7 Å². The molecular formula is C28H42F3GeN7O2S. The Bertz CT molecular complexity index is 1350. The van der Waals surface area contributed by atoms with Crippen LogP contribution in [-0.2, 0) is 0 Å². The van der Waals surface area contributed by atoms with Crippen molar-refractivity contribution in [2.45, 2.75) is 74.8 Å². The Balaban J connectivity index is 1.98. The molecule has 0 aliphatic carbocycles. The van der Waals surface area contributed by atoms with E-state index in [-0.39, 0.29) is 17.3 Å². The number of hydrogen-bond acceptors (Lipinski definition) is 8. The molecule has 1 aliphatic rings. The second kappa shape index (κ2) is 12.5. The summed E-state index contributed by atoms with van der Waals surface area (Å²) in [5.74, 6) is 7.80. The van der Waals surface area contributed by atoms with Gasteiger partial charge in [0.2, 0.25) is 0 Å². The molecule has 0 saturated carbocycles. The summed E-state index contributed by atoms with van der Waals surface area (Å²) in [6, 6.07) is 4.84. The Kier molecular flexibility index (Phi) is 10.1. The number of nitrogens with zero attached hydrogens (tertiary/aromatic N) is 5. The third kappa shape index (κ3) is 7.83. The molecule has 42 heavy (non-hydrogen) atoms. The van der Waals surface area contributed by atoms with E-state index in [1.54, 1.807) is 38.5 Å². The maximum absolute atomic E-state index is 13.5. The summed E-state index contributed by atoms with van der Waals surface area (Å²) in [6.07, 6.45) is -0.273. The minimum absolute atomic E-state index is 0.0466. The van der Waals surface area contributed by atoms with Crippen molar-refractivity contribution in [1.29, 1.82) is 0 Å². The number of carbonyl (C=O) groups is 1. The average molecular weight is 670 g/mol. The monoisotopic (exact) mass is 671 g/mol. The van der Waals surface area contributed by atoms with Crippen molar-refractivity contribution in [3.05, 3.63) is 40.6 Å². The van der Waals surface area contributed by atoms with E-state index in [4.69, 9.17) is 15.5 Å². The molecule has 3 N–H and O–H groups in total. The van der Waals surface area contributed by atoms with Gasteiger partial charge in [-0.2, -0.15) is 13.2 Å². The van der Waals surface area contributed by atoms with E-state index in [0.717, 1.165) is 38.8 Å². The Labute approximate surface area is 253 Å². The first-order valence-corrected chi connectivity index (χ1v) is 22.0. The quantitative estimate of drug-likeness (QED) is 0.176. The predicted octanol–water partition coefficient (Wildman–Crippen LogP) is 6.20. The predicted molar refractivity (Wildman–Crippen MR) is 166 cm³/mol. The van der Waals surface area contributed by atoms with E-state index in [0.29, 0.717) is 32.6 Å². The number of pyridine rings is 1. The molecule has 1 fully saturated rings. The number of allylic oxidation sites excluding steroid dienone is 2. The molecule has 0 spiro atoms. The van der Waals surface area contributed by atoms with Crippen LogP contribution in [0.1, 0.15) is 51.4 Å². The summed E-state index contributed by atoms with van der Waals surface area (Å²) in [4.78, 5) is 25.2. The number of nitrogens with one attached hydrogen (secondary N) is 1. The van der Waals surface area contributed by atoms with Gasteiger partial charge in [-0.15, -0.1) is 0 Å². The molecular weight excluding hydrogens is 628 g/mol. The van der Waals surface area contributed by atoms with Gasteiger partial charge in [0.1, 0.15) is 0 Å². The van der Waals surface area contributed by atoms with Crippen molar-refractivity contribution in [3.63, 3.8) is 0 Å². The van der Waals surface area contributed by atoms with Gasteiger partial charge in [-0.05, 0) is 13.8 Å².